The molecule has 2 rings (SSSR count). The summed E-state index contributed by atoms with van der Waals surface area (Å²) in [6.07, 6.45) is 1.64. The van der Waals surface area contributed by atoms with Gasteiger partial charge in [-0.05, 0) is 12.1 Å². The number of aromatic nitrogens is 3. The van der Waals surface area contributed by atoms with E-state index in [0.717, 1.165) is 5.82 Å². The maximum Gasteiger partial charge on any atom is 0.146 e. The van der Waals surface area contributed by atoms with E-state index in [9.17, 15) is 5.11 Å². The zero-order chi connectivity index (χ0) is 12.3. The van der Waals surface area contributed by atoms with Crippen LogP contribution in [0.3, 0.4) is 0 Å². The van der Waals surface area contributed by atoms with Gasteiger partial charge in [0.1, 0.15) is 17.9 Å². The van der Waals surface area contributed by atoms with E-state index < -0.39 is 0 Å². The zero-order valence-electron chi connectivity index (χ0n) is 9.39. The molecule has 0 saturated carbocycles. The Labute approximate surface area is 104 Å². The Hall–Kier alpha value is -1.59. The normalized spacial score (nSPS) is 10.7. The number of aromatic hydroxyl groups is 1. The van der Waals surface area contributed by atoms with Crippen LogP contribution >= 0.6 is 11.6 Å². The van der Waals surface area contributed by atoms with Crippen LogP contribution in [0.4, 0.5) is 0 Å². The van der Waals surface area contributed by atoms with Crippen LogP contribution < -0.4 is 5.32 Å². The molecule has 0 bridgehead atoms. The SMILES string of the molecule is Cn1cnnc1CNCc1c(O)cccc1Cl. The third-order valence-electron chi connectivity index (χ3n) is 2.48. The Balaban J connectivity index is 1.97. The summed E-state index contributed by atoms with van der Waals surface area (Å²) in [5.74, 6) is 1.03. The van der Waals surface area contributed by atoms with Crippen LogP contribution in [-0.4, -0.2) is 19.9 Å². The van der Waals surface area contributed by atoms with Crippen molar-refractivity contribution in [2.45, 2.75) is 13.1 Å². The second-order valence-electron chi connectivity index (χ2n) is 3.70. The Morgan fingerprint density at radius 1 is 1.41 bits per heavy atom. The van der Waals surface area contributed by atoms with Gasteiger partial charge in [-0.1, -0.05) is 17.7 Å². The molecule has 90 valence electrons. The first-order chi connectivity index (χ1) is 8.18. The topological polar surface area (TPSA) is 63.0 Å². The molecule has 0 amide bonds. The van der Waals surface area contributed by atoms with E-state index in [1.165, 1.54) is 0 Å². The summed E-state index contributed by atoms with van der Waals surface area (Å²) in [6, 6.07) is 5.08. The fourth-order valence-corrected chi connectivity index (χ4v) is 1.73. The highest BCUT2D eigenvalue weighted by molar-refractivity contribution is 6.31. The lowest BCUT2D eigenvalue weighted by Gasteiger charge is -2.08. The molecular weight excluding hydrogens is 240 g/mol. The number of phenols is 1. The van der Waals surface area contributed by atoms with Crippen molar-refractivity contribution in [3.05, 3.63) is 40.9 Å². The summed E-state index contributed by atoms with van der Waals surface area (Å²) >= 11 is 5.99. The number of hydrogen-bond donors (Lipinski definition) is 2. The highest BCUT2D eigenvalue weighted by atomic mass is 35.5. The minimum atomic E-state index is 0.197. The summed E-state index contributed by atoms with van der Waals surface area (Å²) in [5, 5.41) is 21.1. The van der Waals surface area contributed by atoms with Gasteiger partial charge in [0.25, 0.3) is 0 Å². The van der Waals surface area contributed by atoms with Crippen LogP contribution in [-0.2, 0) is 20.1 Å². The van der Waals surface area contributed by atoms with E-state index in [-0.39, 0.29) is 5.75 Å². The molecule has 6 heteroatoms. The summed E-state index contributed by atoms with van der Waals surface area (Å²) in [4.78, 5) is 0. The summed E-state index contributed by atoms with van der Waals surface area (Å²) in [5.41, 5.74) is 0.691. The van der Waals surface area contributed by atoms with Crippen LogP contribution in [0.5, 0.6) is 5.75 Å². The highest BCUT2D eigenvalue weighted by Crippen LogP contribution is 2.24. The van der Waals surface area contributed by atoms with Crippen LogP contribution in [0.15, 0.2) is 24.5 Å². The Morgan fingerprint density at radius 3 is 2.88 bits per heavy atom. The molecule has 0 radical (unpaired) electrons. The molecule has 5 nitrogen and oxygen atoms in total. The van der Waals surface area contributed by atoms with Gasteiger partial charge in [-0.3, -0.25) is 0 Å². The molecule has 1 aromatic heterocycles. The van der Waals surface area contributed by atoms with Gasteiger partial charge in [-0.15, -0.1) is 10.2 Å². The maximum absolute atomic E-state index is 9.65. The van der Waals surface area contributed by atoms with Crippen LogP contribution in [0.2, 0.25) is 5.02 Å². The van der Waals surface area contributed by atoms with Gasteiger partial charge in [0.15, 0.2) is 0 Å². The standard InChI is InChI=1S/C11H13ClN4O/c1-16-7-14-15-11(16)6-13-5-8-9(12)3-2-4-10(8)17/h2-4,7,13,17H,5-6H2,1H3. The average Bonchev–Trinajstić information content (AvgIpc) is 2.69. The van der Waals surface area contributed by atoms with Gasteiger partial charge < -0.3 is 15.0 Å². The van der Waals surface area contributed by atoms with Crippen molar-refractivity contribution in [2.75, 3.05) is 0 Å². The second kappa shape index (κ2) is 5.16. The van der Waals surface area contributed by atoms with E-state index in [2.05, 4.69) is 15.5 Å². The predicted octanol–water partition coefficient (Wildman–Crippen LogP) is 1.46. The molecule has 1 aromatic carbocycles. The Kier molecular flexibility index (Phi) is 3.61. The fraction of sp³-hybridized carbons (Fsp3) is 0.273. The van der Waals surface area contributed by atoms with Gasteiger partial charge in [0.2, 0.25) is 0 Å². The van der Waals surface area contributed by atoms with E-state index in [4.69, 9.17) is 11.6 Å². The maximum atomic E-state index is 9.65. The van der Waals surface area contributed by atoms with Crippen LogP contribution in [0, 0.1) is 0 Å². The smallest absolute Gasteiger partial charge is 0.146 e. The number of nitrogens with zero attached hydrogens (tertiary/aromatic N) is 3. The molecule has 1 heterocycles. The van der Waals surface area contributed by atoms with Crippen molar-refractivity contribution in [3.8, 4) is 5.75 Å². The lowest BCUT2D eigenvalue weighted by Crippen LogP contribution is -2.16. The minimum absolute atomic E-state index is 0.197. The summed E-state index contributed by atoms with van der Waals surface area (Å²) in [7, 11) is 1.88. The van der Waals surface area contributed by atoms with Crippen molar-refractivity contribution in [1.82, 2.24) is 20.1 Å². The van der Waals surface area contributed by atoms with E-state index in [1.807, 2.05) is 11.6 Å². The number of halogens is 1. The van der Waals surface area contributed by atoms with Crippen molar-refractivity contribution in [2.24, 2.45) is 7.05 Å². The molecule has 0 fully saturated rings. The predicted molar refractivity (Wildman–Crippen MR) is 64.7 cm³/mol. The lowest BCUT2D eigenvalue weighted by atomic mass is 10.2. The second-order valence-corrected chi connectivity index (χ2v) is 4.11. The number of hydrogen-bond acceptors (Lipinski definition) is 4. The molecule has 2 N–H and O–H groups in total. The molecular formula is C11H13ClN4O. The average molecular weight is 253 g/mol. The van der Waals surface area contributed by atoms with Gasteiger partial charge in [0, 0.05) is 24.2 Å². The van der Waals surface area contributed by atoms with Gasteiger partial charge in [0.05, 0.1) is 6.54 Å². The minimum Gasteiger partial charge on any atom is -0.508 e. The molecule has 0 aliphatic rings. The van der Waals surface area contributed by atoms with E-state index >= 15 is 0 Å². The largest absolute Gasteiger partial charge is 0.508 e. The number of nitrogens with one attached hydrogen (secondary N) is 1. The molecule has 0 spiro atoms. The lowest BCUT2D eigenvalue weighted by molar-refractivity contribution is 0.464. The number of rotatable bonds is 4. The monoisotopic (exact) mass is 252 g/mol. The van der Waals surface area contributed by atoms with Gasteiger partial charge >= 0.3 is 0 Å². The Bertz CT molecular complexity index is 492. The molecule has 0 atom stereocenters. The highest BCUT2D eigenvalue weighted by Gasteiger charge is 2.06. The van der Waals surface area contributed by atoms with Gasteiger partial charge in [-0.2, -0.15) is 0 Å². The number of phenolic OH excluding ortho intramolecular Hbond substituents is 1. The van der Waals surface area contributed by atoms with Gasteiger partial charge in [-0.25, -0.2) is 0 Å². The third kappa shape index (κ3) is 2.75. The molecule has 0 aliphatic carbocycles. The zero-order valence-corrected chi connectivity index (χ0v) is 10.1. The quantitative estimate of drug-likeness (QED) is 0.865. The number of aryl methyl sites for hydroxylation is 1. The third-order valence-corrected chi connectivity index (χ3v) is 2.84. The molecule has 0 unspecified atom stereocenters. The molecule has 17 heavy (non-hydrogen) atoms. The molecule has 2 aromatic rings. The summed E-state index contributed by atoms with van der Waals surface area (Å²) in [6.45, 7) is 1.06. The van der Waals surface area contributed by atoms with Crippen molar-refractivity contribution in [3.63, 3.8) is 0 Å². The first-order valence-corrected chi connectivity index (χ1v) is 5.56. The van der Waals surface area contributed by atoms with E-state index in [0.29, 0.717) is 23.7 Å². The Morgan fingerprint density at radius 2 is 2.24 bits per heavy atom. The summed E-state index contributed by atoms with van der Waals surface area (Å²) < 4.78 is 1.83. The van der Waals surface area contributed by atoms with Crippen molar-refractivity contribution >= 4 is 11.6 Å². The van der Waals surface area contributed by atoms with Crippen molar-refractivity contribution in [1.29, 1.82) is 0 Å². The van der Waals surface area contributed by atoms with Crippen LogP contribution in [0.25, 0.3) is 0 Å². The number of benzene rings is 1. The van der Waals surface area contributed by atoms with Crippen molar-refractivity contribution < 1.29 is 5.11 Å². The van der Waals surface area contributed by atoms with E-state index in [1.54, 1.807) is 24.5 Å². The first kappa shape index (κ1) is 11.9. The molecule has 0 saturated heterocycles. The molecule has 0 aliphatic heterocycles. The first-order valence-electron chi connectivity index (χ1n) is 5.18. The fourth-order valence-electron chi connectivity index (χ4n) is 1.49. The van der Waals surface area contributed by atoms with Crippen LogP contribution in [0.1, 0.15) is 11.4 Å².